The summed E-state index contributed by atoms with van der Waals surface area (Å²) in [6, 6.07) is -0.796. The molecule has 0 aromatic carbocycles. The fourth-order valence-electron chi connectivity index (χ4n) is 5.90. The van der Waals surface area contributed by atoms with Gasteiger partial charge in [-0.05, 0) is 57.3 Å². The quantitative estimate of drug-likeness (QED) is 0.0908. The van der Waals surface area contributed by atoms with E-state index in [2.05, 4.69) is 5.32 Å². The molecule has 232 valence electrons. The first-order valence-corrected chi connectivity index (χ1v) is 16.6. The molecule has 1 aliphatic carbocycles. The van der Waals surface area contributed by atoms with Crippen molar-refractivity contribution < 1.29 is 29.4 Å². The average molecular weight is 566 g/mol. The number of carbonyl (C=O) groups excluding carboxylic acids is 2. The average Bonchev–Trinajstić information content (AvgIpc) is 2.93. The van der Waals surface area contributed by atoms with Gasteiger partial charge in [-0.3, -0.25) is 14.4 Å². The zero-order valence-corrected chi connectivity index (χ0v) is 25.4. The molecule has 0 radical (unpaired) electrons. The normalized spacial score (nSPS) is 17.8. The lowest BCUT2D eigenvalue weighted by Crippen LogP contribution is -2.44. The zero-order valence-electron chi connectivity index (χ0n) is 25.4. The third kappa shape index (κ3) is 19.2. The van der Waals surface area contributed by atoms with Crippen molar-refractivity contribution in [3.63, 3.8) is 0 Å². The lowest BCUT2D eigenvalue weighted by atomic mass is 9.79. The molecule has 7 heteroatoms. The maximum Gasteiger partial charge on any atom is 0.326 e. The van der Waals surface area contributed by atoms with Crippen molar-refractivity contribution in [3.8, 4) is 0 Å². The number of ketones is 1. The van der Waals surface area contributed by atoms with Crippen LogP contribution in [0.25, 0.3) is 0 Å². The number of unbranched alkanes of at least 4 members (excludes halogenated alkanes) is 15. The van der Waals surface area contributed by atoms with Gasteiger partial charge in [0.2, 0.25) is 5.91 Å². The van der Waals surface area contributed by atoms with Crippen molar-refractivity contribution in [2.24, 2.45) is 11.8 Å². The van der Waals surface area contributed by atoms with Crippen LogP contribution < -0.4 is 5.32 Å². The lowest BCUT2D eigenvalue weighted by Gasteiger charge is -2.28. The molecule has 0 heterocycles. The molecule has 0 spiro atoms. The number of carboxylic acid groups (broad SMARTS) is 2. The van der Waals surface area contributed by atoms with E-state index in [0.29, 0.717) is 37.4 Å². The summed E-state index contributed by atoms with van der Waals surface area (Å²) in [4.78, 5) is 46.3. The molecule has 1 rings (SSSR count). The van der Waals surface area contributed by atoms with Crippen LogP contribution in [0.4, 0.5) is 0 Å². The standard InChI is InChI=1S/C33H59NO6/c1-2-30(33(39)40)34-32(38)28-24-21-27(22-25-28)23-26-29(35)19-17-15-13-11-9-7-5-3-4-6-8-10-12-14-16-18-20-31(36)37/h27-28,30H,2-26H2,1H3,(H,34,38)(H,36,37)(H,39,40)/t27?,28?,30-/m0/s1. The number of carbonyl (C=O) groups is 4. The number of rotatable bonds is 26. The predicted octanol–water partition coefficient (Wildman–Crippen LogP) is 8.23. The van der Waals surface area contributed by atoms with Gasteiger partial charge in [-0.25, -0.2) is 4.79 Å². The topological polar surface area (TPSA) is 121 Å². The molecule has 0 unspecified atom stereocenters. The van der Waals surface area contributed by atoms with Crippen molar-refractivity contribution in [1.82, 2.24) is 5.32 Å². The molecular formula is C33H59NO6. The van der Waals surface area contributed by atoms with Gasteiger partial charge in [0.15, 0.2) is 0 Å². The Morgan fingerprint density at radius 2 is 1.05 bits per heavy atom. The van der Waals surface area contributed by atoms with Gasteiger partial charge in [-0.2, -0.15) is 0 Å². The van der Waals surface area contributed by atoms with Crippen molar-refractivity contribution in [3.05, 3.63) is 0 Å². The largest absolute Gasteiger partial charge is 0.481 e. The summed E-state index contributed by atoms with van der Waals surface area (Å²) in [5.41, 5.74) is 0. The first-order chi connectivity index (χ1) is 19.3. The Kier molecular flexibility index (Phi) is 21.4. The van der Waals surface area contributed by atoms with E-state index in [-0.39, 0.29) is 11.8 Å². The number of Topliss-reactive ketones (excluding diaryl/α,β-unsaturated/α-hetero) is 1. The Balaban J connectivity index is 1.87. The molecule has 40 heavy (non-hydrogen) atoms. The number of carboxylic acids is 2. The highest BCUT2D eigenvalue weighted by Crippen LogP contribution is 2.32. The molecule has 1 saturated carbocycles. The van der Waals surface area contributed by atoms with Gasteiger partial charge in [0.05, 0.1) is 0 Å². The van der Waals surface area contributed by atoms with Crippen LogP contribution in [-0.2, 0) is 19.2 Å². The Hall–Kier alpha value is -1.92. The van der Waals surface area contributed by atoms with E-state index in [4.69, 9.17) is 10.2 Å². The number of hydrogen-bond donors (Lipinski definition) is 3. The van der Waals surface area contributed by atoms with E-state index < -0.39 is 18.0 Å². The number of aliphatic carboxylic acids is 2. The first kappa shape index (κ1) is 36.1. The van der Waals surface area contributed by atoms with Gasteiger partial charge >= 0.3 is 11.9 Å². The van der Waals surface area contributed by atoms with Crippen molar-refractivity contribution in [1.29, 1.82) is 0 Å². The maximum atomic E-state index is 12.4. The second-order valence-electron chi connectivity index (χ2n) is 12.2. The fraction of sp³-hybridized carbons (Fsp3) is 0.879. The smallest absolute Gasteiger partial charge is 0.326 e. The van der Waals surface area contributed by atoms with Gasteiger partial charge in [0.25, 0.3) is 0 Å². The minimum Gasteiger partial charge on any atom is -0.481 e. The van der Waals surface area contributed by atoms with Crippen LogP contribution in [-0.4, -0.2) is 39.9 Å². The molecule has 1 fully saturated rings. The van der Waals surface area contributed by atoms with Gasteiger partial charge in [0, 0.05) is 25.2 Å². The summed E-state index contributed by atoms with van der Waals surface area (Å²) in [7, 11) is 0. The van der Waals surface area contributed by atoms with Crippen LogP contribution in [0.15, 0.2) is 0 Å². The third-order valence-electron chi connectivity index (χ3n) is 8.67. The van der Waals surface area contributed by atoms with Crippen LogP contribution >= 0.6 is 0 Å². The first-order valence-electron chi connectivity index (χ1n) is 16.6. The number of hydrogen-bond acceptors (Lipinski definition) is 4. The Bertz CT molecular complexity index is 701. The van der Waals surface area contributed by atoms with Crippen molar-refractivity contribution in [2.75, 3.05) is 0 Å². The molecular weight excluding hydrogens is 506 g/mol. The molecule has 1 amide bonds. The summed E-state index contributed by atoms with van der Waals surface area (Å²) in [6.07, 6.45) is 26.0. The van der Waals surface area contributed by atoms with E-state index in [1.54, 1.807) is 6.92 Å². The van der Waals surface area contributed by atoms with Crippen molar-refractivity contribution in [2.45, 2.75) is 173 Å². The number of nitrogens with one attached hydrogen (secondary N) is 1. The number of amides is 1. The minimum atomic E-state index is -0.975. The Morgan fingerprint density at radius 3 is 1.45 bits per heavy atom. The third-order valence-corrected chi connectivity index (χ3v) is 8.67. The van der Waals surface area contributed by atoms with E-state index in [1.165, 1.54) is 77.0 Å². The van der Waals surface area contributed by atoms with Gasteiger partial charge in [-0.15, -0.1) is 0 Å². The summed E-state index contributed by atoms with van der Waals surface area (Å²) in [5, 5.41) is 20.4. The molecule has 0 aromatic rings. The Labute approximate surface area is 243 Å². The summed E-state index contributed by atoms with van der Waals surface area (Å²) in [6.45, 7) is 1.76. The van der Waals surface area contributed by atoms with Crippen LogP contribution in [0.1, 0.15) is 167 Å². The van der Waals surface area contributed by atoms with E-state index in [0.717, 1.165) is 57.8 Å². The van der Waals surface area contributed by atoms with Gasteiger partial charge in [0.1, 0.15) is 11.8 Å². The maximum absolute atomic E-state index is 12.4. The predicted molar refractivity (Wildman–Crippen MR) is 160 cm³/mol. The van der Waals surface area contributed by atoms with Crippen molar-refractivity contribution >= 4 is 23.6 Å². The summed E-state index contributed by atoms with van der Waals surface area (Å²) >= 11 is 0. The van der Waals surface area contributed by atoms with Crippen LogP contribution in [0, 0.1) is 11.8 Å². The highest BCUT2D eigenvalue weighted by Gasteiger charge is 2.28. The molecule has 0 bridgehead atoms. The molecule has 1 aliphatic rings. The molecule has 3 N–H and O–H groups in total. The molecule has 0 saturated heterocycles. The van der Waals surface area contributed by atoms with E-state index in [1.807, 2.05) is 0 Å². The fourth-order valence-corrected chi connectivity index (χ4v) is 5.90. The minimum absolute atomic E-state index is 0.0921. The Morgan fingerprint density at radius 1 is 0.625 bits per heavy atom. The van der Waals surface area contributed by atoms with E-state index in [9.17, 15) is 19.2 Å². The molecule has 1 atom stereocenters. The van der Waals surface area contributed by atoms with Crippen LogP contribution in [0.2, 0.25) is 0 Å². The summed E-state index contributed by atoms with van der Waals surface area (Å²) < 4.78 is 0. The SMILES string of the molecule is CC[C@H](NC(=O)C1CCC(CCC(=O)CCCCCCCCCCCCCCCCCCC(=O)O)CC1)C(=O)O. The second kappa shape index (κ2) is 23.8. The van der Waals surface area contributed by atoms with Crippen LogP contribution in [0.5, 0.6) is 0 Å². The second-order valence-corrected chi connectivity index (χ2v) is 12.2. The van der Waals surface area contributed by atoms with Gasteiger partial charge < -0.3 is 15.5 Å². The van der Waals surface area contributed by atoms with Crippen LogP contribution in [0.3, 0.4) is 0 Å². The highest BCUT2D eigenvalue weighted by molar-refractivity contribution is 5.85. The zero-order chi connectivity index (χ0) is 29.4. The molecule has 7 nitrogen and oxygen atoms in total. The summed E-state index contributed by atoms with van der Waals surface area (Å²) in [5.74, 6) is -0.984. The monoisotopic (exact) mass is 565 g/mol. The molecule has 0 aromatic heterocycles. The highest BCUT2D eigenvalue weighted by atomic mass is 16.4. The van der Waals surface area contributed by atoms with Gasteiger partial charge in [-0.1, -0.05) is 96.8 Å². The molecule has 0 aliphatic heterocycles. The lowest BCUT2D eigenvalue weighted by molar-refractivity contribution is -0.142. The van der Waals surface area contributed by atoms with E-state index >= 15 is 0 Å².